The fourth-order valence-electron chi connectivity index (χ4n) is 1.61. The third kappa shape index (κ3) is 2.69. The predicted molar refractivity (Wildman–Crippen MR) is 51.7 cm³/mol. The highest BCUT2D eigenvalue weighted by Gasteiger charge is 2.50. The first-order chi connectivity index (χ1) is 6.10. The monoisotopic (exact) mass is 185 g/mol. The molecule has 0 radical (unpaired) electrons. The second-order valence-corrected chi connectivity index (χ2v) is 4.18. The zero-order chi connectivity index (χ0) is 9.90. The molecule has 0 aliphatic heterocycles. The quantitative estimate of drug-likeness (QED) is 0.683. The normalized spacial score (nSPS) is 19.0. The fourth-order valence-corrected chi connectivity index (χ4v) is 1.61. The van der Waals surface area contributed by atoms with Crippen molar-refractivity contribution < 1.29 is 9.90 Å². The average Bonchev–Trinajstić information content (AvgIpc) is 2.82. The van der Waals surface area contributed by atoms with Crippen molar-refractivity contribution in [3.05, 3.63) is 0 Å². The molecule has 3 heteroatoms. The Bertz CT molecular complexity index is 187. The fraction of sp³-hybridized carbons (Fsp3) is 0.900. The Morgan fingerprint density at radius 1 is 1.54 bits per heavy atom. The molecule has 0 aromatic carbocycles. The summed E-state index contributed by atoms with van der Waals surface area (Å²) in [6, 6.07) is 0. The van der Waals surface area contributed by atoms with Gasteiger partial charge in [-0.1, -0.05) is 13.3 Å². The number of aliphatic carboxylic acids is 1. The maximum Gasteiger partial charge on any atom is 0.310 e. The topological polar surface area (TPSA) is 40.5 Å². The van der Waals surface area contributed by atoms with Crippen molar-refractivity contribution in [1.82, 2.24) is 4.90 Å². The molecule has 0 aromatic heterocycles. The van der Waals surface area contributed by atoms with Gasteiger partial charge in [0, 0.05) is 6.54 Å². The summed E-state index contributed by atoms with van der Waals surface area (Å²) in [5.74, 6) is -0.615. The van der Waals surface area contributed by atoms with Gasteiger partial charge in [0.25, 0.3) is 0 Å². The van der Waals surface area contributed by atoms with Gasteiger partial charge in [0.1, 0.15) is 0 Å². The van der Waals surface area contributed by atoms with Crippen molar-refractivity contribution in [2.75, 3.05) is 20.1 Å². The minimum atomic E-state index is -0.615. The summed E-state index contributed by atoms with van der Waals surface area (Å²) in [5.41, 5.74) is -0.386. The highest BCUT2D eigenvalue weighted by atomic mass is 16.4. The molecule has 0 atom stereocenters. The Kier molecular flexibility index (Phi) is 3.31. The van der Waals surface area contributed by atoms with E-state index in [0.29, 0.717) is 0 Å². The van der Waals surface area contributed by atoms with Crippen molar-refractivity contribution in [3.8, 4) is 0 Å². The molecule has 0 aromatic rings. The van der Waals surface area contributed by atoms with E-state index in [0.717, 1.165) is 32.4 Å². The highest BCUT2D eigenvalue weighted by molar-refractivity contribution is 5.78. The molecule has 0 heterocycles. The van der Waals surface area contributed by atoms with Crippen LogP contribution in [0.15, 0.2) is 0 Å². The highest BCUT2D eigenvalue weighted by Crippen LogP contribution is 2.46. The maximum atomic E-state index is 10.9. The second-order valence-electron chi connectivity index (χ2n) is 4.18. The maximum absolute atomic E-state index is 10.9. The first-order valence-electron chi connectivity index (χ1n) is 5.03. The van der Waals surface area contributed by atoms with Crippen LogP contribution in [0.5, 0.6) is 0 Å². The largest absolute Gasteiger partial charge is 0.481 e. The van der Waals surface area contributed by atoms with E-state index < -0.39 is 5.97 Å². The van der Waals surface area contributed by atoms with Gasteiger partial charge in [0.05, 0.1) is 5.41 Å². The van der Waals surface area contributed by atoms with Gasteiger partial charge in [0.15, 0.2) is 0 Å². The minimum Gasteiger partial charge on any atom is -0.481 e. The van der Waals surface area contributed by atoms with E-state index in [4.69, 9.17) is 5.11 Å². The first kappa shape index (κ1) is 10.5. The lowest BCUT2D eigenvalue weighted by atomic mass is 10.1. The molecular formula is C10H19NO2. The van der Waals surface area contributed by atoms with E-state index in [1.807, 2.05) is 7.05 Å². The molecular weight excluding hydrogens is 166 g/mol. The summed E-state index contributed by atoms with van der Waals surface area (Å²) in [6.45, 7) is 3.89. The Morgan fingerprint density at radius 2 is 2.15 bits per heavy atom. The molecule has 1 aliphatic rings. The second kappa shape index (κ2) is 4.09. The van der Waals surface area contributed by atoms with Crippen LogP contribution in [0, 0.1) is 5.41 Å². The lowest BCUT2D eigenvalue weighted by molar-refractivity contribution is -0.144. The van der Waals surface area contributed by atoms with E-state index in [1.54, 1.807) is 0 Å². The Labute approximate surface area is 79.7 Å². The average molecular weight is 185 g/mol. The summed E-state index contributed by atoms with van der Waals surface area (Å²) in [7, 11) is 2.01. The van der Waals surface area contributed by atoms with Crippen LogP contribution in [0.2, 0.25) is 0 Å². The summed E-state index contributed by atoms with van der Waals surface area (Å²) < 4.78 is 0. The molecule has 13 heavy (non-hydrogen) atoms. The standard InChI is InChI=1S/C10H19NO2/c1-3-4-7-11(2)8-10(5-6-10)9(12)13/h3-8H2,1-2H3,(H,12,13). The molecule has 1 aliphatic carbocycles. The minimum absolute atomic E-state index is 0.386. The van der Waals surface area contributed by atoms with E-state index in [2.05, 4.69) is 11.8 Å². The van der Waals surface area contributed by atoms with Crippen molar-refractivity contribution >= 4 is 5.97 Å². The number of nitrogens with zero attached hydrogens (tertiary/aromatic N) is 1. The van der Waals surface area contributed by atoms with E-state index in [1.165, 1.54) is 6.42 Å². The van der Waals surface area contributed by atoms with Gasteiger partial charge in [-0.3, -0.25) is 4.79 Å². The van der Waals surface area contributed by atoms with Gasteiger partial charge in [-0.15, -0.1) is 0 Å². The summed E-state index contributed by atoms with van der Waals surface area (Å²) in [6.07, 6.45) is 4.05. The predicted octanol–water partition coefficient (Wildman–Crippen LogP) is 1.58. The van der Waals surface area contributed by atoms with E-state index in [-0.39, 0.29) is 5.41 Å². The van der Waals surface area contributed by atoms with E-state index >= 15 is 0 Å². The van der Waals surface area contributed by atoms with Crippen LogP contribution in [0.4, 0.5) is 0 Å². The number of carboxylic acid groups (broad SMARTS) is 1. The number of unbranched alkanes of at least 4 members (excludes halogenated alkanes) is 1. The zero-order valence-corrected chi connectivity index (χ0v) is 8.55. The number of carbonyl (C=O) groups is 1. The molecule has 0 bridgehead atoms. The Hall–Kier alpha value is -0.570. The number of hydrogen-bond acceptors (Lipinski definition) is 2. The summed E-state index contributed by atoms with van der Waals surface area (Å²) >= 11 is 0. The molecule has 76 valence electrons. The van der Waals surface area contributed by atoms with Gasteiger partial charge in [-0.05, 0) is 32.9 Å². The van der Waals surface area contributed by atoms with Crippen molar-refractivity contribution in [2.24, 2.45) is 5.41 Å². The van der Waals surface area contributed by atoms with Crippen LogP contribution in [-0.4, -0.2) is 36.1 Å². The van der Waals surface area contributed by atoms with Crippen molar-refractivity contribution in [3.63, 3.8) is 0 Å². The Morgan fingerprint density at radius 3 is 2.54 bits per heavy atom. The van der Waals surface area contributed by atoms with Crippen LogP contribution < -0.4 is 0 Å². The Balaban J connectivity index is 2.27. The SMILES string of the molecule is CCCCN(C)CC1(C(=O)O)CC1. The lowest BCUT2D eigenvalue weighted by Crippen LogP contribution is -2.32. The summed E-state index contributed by atoms with van der Waals surface area (Å²) in [5, 5.41) is 8.95. The summed E-state index contributed by atoms with van der Waals surface area (Å²) in [4.78, 5) is 13.0. The van der Waals surface area contributed by atoms with Crippen molar-refractivity contribution in [2.45, 2.75) is 32.6 Å². The smallest absolute Gasteiger partial charge is 0.310 e. The van der Waals surface area contributed by atoms with Crippen LogP contribution in [-0.2, 0) is 4.79 Å². The molecule has 0 unspecified atom stereocenters. The molecule has 1 rings (SSSR count). The molecule has 0 saturated heterocycles. The first-order valence-corrected chi connectivity index (χ1v) is 5.03. The van der Waals surface area contributed by atoms with Crippen LogP contribution in [0.25, 0.3) is 0 Å². The van der Waals surface area contributed by atoms with E-state index in [9.17, 15) is 4.79 Å². The van der Waals surface area contributed by atoms with Crippen LogP contribution >= 0.6 is 0 Å². The molecule has 0 amide bonds. The third-order valence-corrected chi connectivity index (χ3v) is 2.77. The molecule has 0 spiro atoms. The number of carboxylic acids is 1. The van der Waals surface area contributed by atoms with Gasteiger partial charge >= 0.3 is 5.97 Å². The van der Waals surface area contributed by atoms with Crippen LogP contribution in [0.3, 0.4) is 0 Å². The molecule has 1 fully saturated rings. The zero-order valence-electron chi connectivity index (χ0n) is 8.55. The molecule has 1 saturated carbocycles. The molecule has 3 nitrogen and oxygen atoms in total. The lowest BCUT2D eigenvalue weighted by Gasteiger charge is -2.20. The van der Waals surface area contributed by atoms with Crippen molar-refractivity contribution in [1.29, 1.82) is 0 Å². The van der Waals surface area contributed by atoms with Gasteiger partial charge in [-0.25, -0.2) is 0 Å². The van der Waals surface area contributed by atoms with Gasteiger partial charge in [0.2, 0.25) is 0 Å². The van der Waals surface area contributed by atoms with Gasteiger partial charge in [-0.2, -0.15) is 0 Å². The van der Waals surface area contributed by atoms with Gasteiger partial charge < -0.3 is 10.0 Å². The third-order valence-electron chi connectivity index (χ3n) is 2.77. The molecule has 1 N–H and O–H groups in total. The van der Waals surface area contributed by atoms with Crippen LogP contribution in [0.1, 0.15) is 32.6 Å². The number of rotatable bonds is 6. The number of hydrogen-bond donors (Lipinski definition) is 1.